The Kier molecular flexibility index (Phi) is 5.91. The Morgan fingerprint density at radius 3 is 2.34 bits per heavy atom. The van der Waals surface area contributed by atoms with Crippen LogP contribution in [0.1, 0.15) is 37.0 Å². The van der Waals surface area contributed by atoms with Gasteiger partial charge in [-0.15, -0.1) is 0 Å². The first kappa shape index (κ1) is 20.4. The van der Waals surface area contributed by atoms with E-state index in [9.17, 15) is 24.0 Å². The topological polar surface area (TPSA) is 110 Å². The molecule has 152 valence electrons. The Morgan fingerprint density at radius 2 is 1.76 bits per heavy atom. The van der Waals surface area contributed by atoms with Gasteiger partial charge in [0.25, 0.3) is 5.91 Å². The highest BCUT2D eigenvalue weighted by atomic mass is 16.5. The van der Waals surface area contributed by atoms with Gasteiger partial charge in [0, 0.05) is 11.3 Å². The molecule has 1 aromatic carbocycles. The number of fused-ring (bicyclic) bond motifs is 1. The van der Waals surface area contributed by atoms with Crippen molar-refractivity contribution in [3.05, 3.63) is 42.0 Å². The van der Waals surface area contributed by atoms with Crippen molar-refractivity contribution >= 4 is 35.2 Å². The van der Waals surface area contributed by atoms with E-state index in [0.29, 0.717) is 24.1 Å². The summed E-state index contributed by atoms with van der Waals surface area (Å²) in [6.45, 7) is 2.29. The second-order valence-electron chi connectivity index (χ2n) is 7.18. The fraction of sp³-hybridized carbons (Fsp3) is 0.381. The summed E-state index contributed by atoms with van der Waals surface area (Å²) in [7, 11) is 0. The highest BCUT2D eigenvalue weighted by Gasteiger charge is 2.47. The predicted molar refractivity (Wildman–Crippen MR) is 103 cm³/mol. The van der Waals surface area contributed by atoms with E-state index >= 15 is 0 Å². The zero-order valence-corrected chi connectivity index (χ0v) is 16.2. The molecular formula is C21H22N2O6. The molecule has 1 aliphatic heterocycles. The van der Waals surface area contributed by atoms with Crippen molar-refractivity contribution in [2.24, 2.45) is 11.8 Å². The highest BCUT2D eigenvalue weighted by molar-refractivity contribution is 6.07. The normalized spacial score (nSPS) is 21.5. The van der Waals surface area contributed by atoms with Crippen molar-refractivity contribution in [1.29, 1.82) is 0 Å². The molecule has 1 saturated heterocycles. The molecule has 3 rings (SSSR count). The van der Waals surface area contributed by atoms with E-state index in [1.807, 2.05) is 12.2 Å². The number of nitrogens with one attached hydrogen (secondary N) is 1. The number of ketones is 1. The molecule has 0 spiro atoms. The maximum absolute atomic E-state index is 12.4. The van der Waals surface area contributed by atoms with Gasteiger partial charge in [0.05, 0.1) is 11.8 Å². The van der Waals surface area contributed by atoms with Gasteiger partial charge >= 0.3 is 5.97 Å². The van der Waals surface area contributed by atoms with Crippen molar-refractivity contribution in [3.8, 4) is 0 Å². The van der Waals surface area contributed by atoms with Crippen LogP contribution < -0.4 is 5.32 Å². The minimum absolute atomic E-state index is 0.142. The quantitative estimate of drug-likeness (QED) is 0.338. The highest BCUT2D eigenvalue weighted by Crippen LogP contribution is 2.34. The minimum Gasteiger partial charge on any atom is -0.451 e. The number of carbonyl (C=O) groups excluding carboxylic acids is 5. The molecule has 0 saturated carbocycles. The number of nitrogens with zero attached hydrogens (tertiary/aromatic N) is 1. The van der Waals surface area contributed by atoms with Gasteiger partial charge in [0.1, 0.15) is 6.54 Å². The van der Waals surface area contributed by atoms with Crippen molar-refractivity contribution in [2.45, 2.75) is 32.8 Å². The van der Waals surface area contributed by atoms with Gasteiger partial charge in [-0.05, 0) is 38.8 Å². The average molecular weight is 398 g/mol. The van der Waals surface area contributed by atoms with E-state index < -0.39 is 36.4 Å². The summed E-state index contributed by atoms with van der Waals surface area (Å²) in [5.74, 6) is -3.16. The van der Waals surface area contributed by atoms with Crippen LogP contribution in [0.2, 0.25) is 0 Å². The third-order valence-electron chi connectivity index (χ3n) is 5.10. The fourth-order valence-corrected chi connectivity index (χ4v) is 3.50. The molecule has 1 aliphatic carbocycles. The van der Waals surface area contributed by atoms with Crippen LogP contribution in [0.5, 0.6) is 0 Å². The summed E-state index contributed by atoms with van der Waals surface area (Å²) in [4.78, 5) is 61.6. The molecule has 8 heteroatoms. The molecule has 0 bridgehead atoms. The Hall–Kier alpha value is -3.29. The molecule has 0 unspecified atom stereocenters. The minimum atomic E-state index is -1.14. The van der Waals surface area contributed by atoms with Crippen LogP contribution in [0.4, 0.5) is 5.69 Å². The standard InChI is InChI=1S/C21H22N2O6/c1-12(24)14-6-5-7-15(10-14)22-19(26)13(2)29-18(25)11-23-20(27)16-8-3-4-9-17(16)21(23)28/h3-7,10,13,16-17H,8-9,11H2,1-2H3,(H,22,26)/t13-,16+,17+/m1/s1. The maximum atomic E-state index is 12.4. The number of amides is 3. The van der Waals surface area contributed by atoms with Crippen LogP contribution in [0.25, 0.3) is 0 Å². The Bertz CT molecular complexity index is 880. The number of allylic oxidation sites excluding steroid dienone is 2. The third kappa shape index (κ3) is 4.42. The van der Waals surface area contributed by atoms with Crippen molar-refractivity contribution in [3.63, 3.8) is 0 Å². The number of Topliss-reactive ketones (excluding diaryl/α,β-unsaturated/α-hetero) is 1. The van der Waals surface area contributed by atoms with Crippen LogP contribution in [0.3, 0.4) is 0 Å². The molecular weight excluding hydrogens is 376 g/mol. The van der Waals surface area contributed by atoms with E-state index in [4.69, 9.17) is 4.74 Å². The van der Waals surface area contributed by atoms with Crippen molar-refractivity contribution < 1.29 is 28.7 Å². The number of hydrogen-bond acceptors (Lipinski definition) is 6. The zero-order valence-electron chi connectivity index (χ0n) is 16.2. The first-order chi connectivity index (χ1) is 13.8. The number of carbonyl (C=O) groups is 5. The largest absolute Gasteiger partial charge is 0.451 e. The predicted octanol–water partition coefficient (Wildman–Crippen LogP) is 1.71. The van der Waals surface area contributed by atoms with Crippen LogP contribution in [0, 0.1) is 11.8 Å². The van der Waals surface area contributed by atoms with Gasteiger partial charge in [-0.1, -0.05) is 24.3 Å². The maximum Gasteiger partial charge on any atom is 0.326 e. The molecule has 1 aromatic rings. The molecule has 1 fully saturated rings. The SMILES string of the molecule is CC(=O)c1cccc(NC(=O)[C@@H](C)OC(=O)CN2C(=O)[C@H]3CC=CC[C@@H]3C2=O)c1. The number of rotatable bonds is 6. The number of imide groups is 1. The Balaban J connectivity index is 1.56. The number of benzene rings is 1. The molecule has 3 atom stereocenters. The van der Waals surface area contributed by atoms with Crippen LogP contribution in [0.15, 0.2) is 36.4 Å². The second kappa shape index (κ2) is 8.38. The van der Waals surface area contributed by atoms with Crippen LogP contribution in [-0.4, -0.2) is 47.0 Å². The lowest BCUT2D eigenvalue weighted by molar-refractivity contribution is -0.158. The Labute approximate surface area is 167 Å². The molecule has 8 nitrogen and oxygen atoms in total. The molecule has 0 aromatic heterocycles. The summed E-state index contributed by atoms with van der Waals surface area (Å²) in [6, 6.07) is 6.38. The third-order valence-corrected chi connectivity index (χ3v) is 5.10. The first-order valence-electron chi connectivity index (χ1n) is 9.39. The van der Waals surface area contributed by atoms with Crippen LogP contribution in [-0.2, 0) is 23.9 Å². The van der Waals surface area contributed by atoms with E-state index in [1.54, 1.807) is 18.2 Å². The lowest BCUT2D eigenvalue weighted by atomic mass is 9.85. The molecule has 1 N–H and O–H groups in total. The molecule has 0 radical (unpaired) electrons. The van der Waals surface area contributed by atoms with Gasteiger partial charge in [-0.3, -0.25) is 28.9 Å². The van der Waals surface area contributed by atoms with E-state index in [2.05, 4.69) is 5.32 Å². The summed E-state index contributed by atoms with van der Waals surface area (Å²) in [5, 5.41) is 2.57. The smallest absolute Gasteiger partial charge is 0.326 e. The van der Waals surface area contributed by atoms with Crippen molar-refractivity contribution in [1.82, 2.24) is 4.90 Å². The molecule has 29 heavy (non-hydrogen) atoms. The lowest BCUT2D eigenvalue weighted by Gasteiger charge is -2.17. The summed E-state index contributed by atoms with van der Waals surface area (Å²) >= 11 is 0. The number of likely N-dealkylation sites (tertiary alicyclic amines) is 1. The average Bonchev–Trinajstić information content (AvgIpc) is 2.93. The van der Waals surface area contributed by atoms with Gasteiger partial charge in [0.15, 0.2) is 11.9 Å². The van der Waals surface area contributed by atoms with E-state index in [1.165, 1.54) is 19.9 Å². The van der Waals surface area contributed by atoms with Gasteiger partial charge in [-0.2, -0.15) is 0 Å². The van der Waals surface area contributed by atoms with Gasteiger partial charge in [0.2, 0.25) is 11.8 Å². The molecule has 2 aliphatic rings. The fourth-order valence-electron chi connectivity index (χ4n) is 3.50. The summed E-state index contributed by atoms with van der Waals surface area (Å²) < 4.78 is 5.09. The van der Waals surface area contributed by atoms with Gasteiger partial charge < -0.3 is 10.1 Å². The zero-order chi connectivity index (χ0) is 21.1. The first-order valence-corrected chi connectivity index (χ1v) is 9.39. The number of anilines is 1. The number of hydrogen-bond donors (Lipinski definition) is 1. The molecule has 1 heterocycles. The lowest BCUT2D eigenvalue weighted by Crippen LogP contribution is -2.39. The number of esters is 1. The summed E-state index contributed by atoms with van der Waals surface area (Å²) in [6.07, 6.45) is 3.56. The Morgan fingerprint density at radius 1 is 1.14 bits per heavy atom. The van der Waals surface area contributed by atoms with E-state index in [-0.39, 0.29) is 17.6 Å². The van der Waals surface area contributed by atoms with Crippen LogP contribution >= 0.6 is 0 Å². The molecule has 3 amide bonds. The summed E-state index contributed by atoms with van der Waals surface area (Å²) in [5.41, 5.74) is 0.835. The second-order valence-corrected chi connectivity index (χ2v) is 7.18. The number of ether oxygens (including phenoxy) is 1. The van der Waals surface area contributed by atoms with Crippen molar-refractivity contribution in [2.75, 3.05) is 11.9 Å². The van der Waals surface area contributed by atoms with Gasteiger partial charge in [-0.25, -0.2) is 0 Å². The monoisotopic (exact) mass is 398 g/mol. The van der Waals surface area contributed by atoms with E-state index in [0.717, 1.165) is 4.90 Å².